The summed E-state index contributed by atoms with van der Waals surface area (Å²) in [5.74, 6) is 0.681. The van der Waals surface area contributed by atoms with Crippen LogP contribution in [-0.2, 0) is 6.42 Å². The van der Waals surface area contributed by atoms with Crippen LogP contribution in [0.15, 0.2) is 42.5 Å². The van der Waals surface area contributed by atoms with Crippen LogP contribution in [0.4, 0.5) is 5.69 Å². The molecule has 2 aromatic rings. The Balaban J connectivity index is 2.07. The van der Waals surface area contributed by atoms with Gasteiger partial charge in [-0.25, -0.2) is 0 Å². The number of anilines is 1. The van der Waals surface area contributed by atoms with Gasteiger partial charge in [0.1, 0.15) is 0 Å². The van der Waals surface area contributed by atoms with E-state index in [-0.39, 0.29) is 6.04 Å². The van der Waals surface area contributed by atoms with Gasteiger partial charge in [-0.15, -0.1) is 0 Å². The highest BCUT2D eigenvalue weighted by Gasteiger charge is 2.07. The van der Waals surface area contributed by atoms with E-state index in [2.05, 4.69) is 50.4 Å². The number of rotatable bonds is 5. The molecule has 0 fully saturated rings. The Kier molecular flexibility index (Phi) is 5.55. The molecule has 0 saturated heterocycles. The highest BCUT2D eigenvalue weighted by Crippen LogP contribution is 2.26. The number of nitrogens with one attached hydrogen (secondary N) is 1. The van der Waals surface area contributed by atoms with Gasteiger partial charge in [0.2, 0.25) is 0 Å². The van der Waals surface area contributed by atoms with E-state index in [0.717, 1.165) is 12.1 Å². The first-order chi connectivity index (χ1) is 9.94. The molecule has 0 amide bonds. The third kappa shape index (κ3) is 4.94. The summed E-state index contributed by atoms with van der Waals surface area (Å²) in [7, 11) is 0. The van der Waals surface area contributed by atoms with Gasteiger partial charge >= 0.3 is 0 Å². The summed E-state index contributed by atoms with van der Waals surface area (Å²) in [6.07, 6.45) is 1.12. The molecule has 21 heavy (non-hydrogen) atoms. The number of hydrogen-bond donors (Lipinski definition) is 1. The Morgan fingerprint density at radius 3 is 2.00 bits per heavy atom. The second-order valence-corrected chi connectivity index (χ2v) is 6.74. The summed E-state index contributed by atoms with van der Waals surface area (Å²) in [5, 5.41) is 4.72. The number of hydrogen-bond acceptors (Lipinski definition) is 1. The molecule has 0 radical (unpaired) electrons. The van der Waals surface area contributed by atoms with Gasteiger partial charge in [-0.1, -0.05) is 61.3 Å². The first kappa shape index (κ1) is 16.2. The summed E-state index contributed by atoms with van der Waals surface area (Å²) in [4.78, 5) is 0. The van der Waals surface area contributed by atoms with E-state index in [0.29, 0.717) is 16.0 Å². The van der Waals surface area contributed by atoms with E-state index in [4.69, 9.17) is 23.2 Å². The van der Waals surface area contributed by atoms with Gasteiger partial charge in [-0.3, -0.25) is 0 Å². The van der Waals surface area contributed by atoms with Crippen molar-refractivity contribution in [2.75, 3.05) is 5.32 Å². The molecule has 3 heteroatoms. The van der Waals surface area contributed by atoms with E-state index in [1.54, 1.807) is 6.07 Å². The lowest BCUT2D eigenvalue weighted by Gasteiger charge is -2.17. The molecule has 1 N–H and O–H groups in total. The molecule has 112 valence electrons. The fourth-order valence-corrected chi connectivity index (χ4v) is 2.91. The molecule has 1 atom stereocenters. The summed E-state index contributed by atoms with van der Waals surface area (Å²) in [5.41, 5.74) is 3.57. The first-order valence-electron chi connectivity index (χ1n) is 7.25. The van der Waals surface area contributed by atoms with E-state index in [1.165, 1.54) is 11.1 Å². The number of benzene rings is 2. The normalized spacial score (nSPS) is 12.5. The molecule has 1 nitrogen and oxygen atoms in total. The maximum absolute atomic E-state index is 6.02. The van der Waals surface area contributed by atoms with Crippen molar-refractivity contribution in [2.45, 2.75) is 33.2 Å². The minimum absolute atomic E-state index is 0.202. The second kappa shape index (κ2) is 7.20. The summed E-state index contributed by atoms with van der Waals surface area (Å²) in [6, 6.07) is 14.5. The molecule has 0 aromatic heterocycles. The second-order valence-electron chi connectivity index (χ2n) is 5.86. The van der Waals surface area contributed by atoms with Crippen LogP contribution < -0.4 is 5.32 Å². The van der Waals surface area contributed by atoms with Crippen molar-refractivity contribution >= 4 is 28.9 Å². The van der Waals surface area contributed by atoms with Gasteiger partial charge < -0.3 is 5.32 Å². The third-order valence-electron chi connectivity index (χ3n) is 3.37. The molecular weight excluding hydrogens is 301 g/mol. The maximum atomic E-state index is 6.02. The van der Waals surface area contributed by atoms with Crippen LogP contribution in [0.3, 0.4) is 0 Å². The van der Waals surface area contributed by atoms with Crippen LogP contribution in [0.1, 0.15) is 37.9 Å². The molecule has 0 aliphatic heterocycles. The Hall–Kier alpha value is -1.18. The van der Waals surface area contributed by atoms with Gasteiger partial charge in [0, 0.05) is 21.8 Å². The SMILES string of the molecule is CC(C)Cc1ccc(C(C)Nc2cc(Cl)cc(Cl)c2)cc1. The van der Waals surface area contributed by atoms with Crippen LogP contribution >= 0.6 is 23.2 Å². The highest BCUT2D eigenvalue weighted by atomic mass is 35.5. The average Bonchev–Trinajstić information content (AvgIpc) is 2.37. The molecule has 0 aliphatic carbocycles. The monoisotopic (exact) mass is 321 g/mol. The predicted octanol–water partition coefficient (Wildman–Crippen LogP) is 6.37. The molecule has 0 heterocycles. The van der Waals surface area contributed by atoms with E-state index in [9.17, 15) is 0 Å². The smallest absolute Gasteiger partial charge is 0.0485 e. The molecule has 2 rings (SSSR count). The lowest BCUT2D eigenvalue weighted by atomic mass is 10.00. The van der Waals surface area contributed by atoms with Crippen LogP contribution in [0.25, 0.3) is 0 Å². The molecule has 2 aromatic carbocycles. The predicted molar refractivity (Wildman–Crippen MR) is 93.5 cm³/mol. The third-order valence-corrected chi connectivity index (χ3v) is 3.81. The van der Waals surface area contributed by atoms with Crippen LogP contribution in [-0.4, -0.2) is 0 Å². The Bertz CT molecular complexity index is 570. The zero-order chi connectivity index (χ0) is 15.4. The minimum atomic E-state index is 0.202. The van der Waals surface area contributed by atoms with Gasteiger partial charge in [0.15, 0.2) is 0 Å². The van der Waals surface area contributed by atoms with Crippen molar-refractivity contribution in [1.82, 2.24) is 0 Å². The van der Waals surface area contributed by atoms with Gasteiger partial charge in [-0.2, -0.15) is 0 Å². The summed E-state index contributed by atoms with van der Waals surface area (Å²) in [6.45, 7) is 6.61. The van der Waals surface area contributed by atoms with Crippen LogP contribution in [0.5, 0.6) is 0 Å². The summed E-state index contributed by atoms with van der Waals surface area (Å²) >= 11 is 12.0. The molecule has 0 bridgehead atoms. The molecule has 0 spiro atoms. The average molecular weight is 322 g/mol. The van der Waals surface area contributed by atoms with Gasteiger partial charge in [-0.05, 0) is 48.6 Å². The standard InChI is InChI=1S/C18H21Cl2N/c1-12(2)8-14-4-6-15(7-5-14)13(3)21-18-10-16(19)9-17(20)11-18/h4-7,9-13,21H,8H2,1-3H3. The largest absolute Gasteiger partial charge is 0.378 e. The zero-order valence-electron chi connectivity index (χ0n) is 12.7. The maximum Gasteiger partial charge on any atom is 0.0485 e. The first-order valence-corrected chi connectivity index (χ1v) is 8.01. The summed E-state index contributed by atoms with van der Waals surface area (Å²) < 4.78 is 0. The fraction of sp³-hybridized carbons (Fsp3) is 0.333. The van der Waals surface area contributed by atoms with Crippen LogP contribution in [0, 0.1) is 5.92 Å². The van der Waals surface area contributed by atoms with Crippen molar-refractivity contribution < 1.29 is 0 Å². The van der Waals surface area contributed by atoms with E-state index >= 15 is 0 Å². The Morgan fingerprint density at radius 1 is 0.905 bits per heavy atom. The minimum Gasteiger partial charge on any atom is -0.378 e. The van der Waals surface area contributed by atoms with Crippen molar-refractivity contribution in [3.8, 4) is 0 Å². The van der Waals surface area contributed by atoms with Gasteiger partial charge in [0.25, 0.3) is 0 Å². The Labute approximate surface area is 137 Å². The topological polar surface area (TPSA) is 12.0 Å². The van der Waals surface area contributed by atoms with E-state index < -0.39 is 0 Å². The lowest BCUT2D eigenvalue weighted by Crippen LogP contribution is -2.06. The van der Waals surface area contributed by atoms with Crippen molar-refractivity contribution in [2.24, 2.45) is 5.92 Å². The van der Waals surface area contributed by atoms with E-state index in [1.807, 2.05) is 12.1 Å². The van der Waals surface area contributed by atoms with Crippen LogP contribution in [0.2, 0.25) is 10.0 Å². The number of halogens is 2. The van der Waals surface area contributed by atoms with Gasteiger partial charge in [0.05, 0.1) is 0 Å². The Morgan fingerprint density at radius 2 is 1.48 bits per heavy atom. The fourth-order valence-electron chi connectivity index (χ4n) is 2.38. The quantitative estimate of drug-likeness (QED) is 0.675. The molecule has 0 saturated carbocycles. The molecular formula is C18H21Cl2N. The highest BCUT2D eigenvalue weighted by molar-refractivity contribution is 6.35. The zero-order valence-corrected chi connectivity index (χ0v) is 14.2. The van der Waals surface area contributed by atoms with Crippen molar-refractivity contribution in [1.29, 1.82) is 0 Å². The van der Waals surface area contributed by atoms with Crippen molar-refractivity contribution in [3.63, 3.8) is 0 Å². The van der Waals surface area contributed by atoms with Crippen molar-refractivity contribution in [3.05, 3.63) is 63.6 Å². The molecule has 1 unspecified atom stereocenters. The lowest BCUT2D eigenvalue weighted by molar-refractivity contribution is 0.647. The molecule has 0 aliphatic rings.